The predicted molar refractivity (Wildman–Crippen MR) is 80.4 cm³/mol. The highest BCUT2D eigenvalue weighted by molar-refractivity contribution is 5.54. The van der Waals surface area contributed by atoms with E-state index >= 15 is 0 Å². The molecule has 104 valence electrons. The summed E-state index contributed by atoms with van der Waals surface area (Å²) in [5, 5.41) is 13.5. The molecule has 1 aliphatic rings. The molecule has 1 unspecified atom stereocenters. The second-order valence-corrected chi connectivity index (χ2v) is 5.08. The SMILES string of the molecule is CCC(Nc1ccc2c(c1)CCO2)c1ccccc1O. The summed E-state index contributed by atoms with van der Waals surface area (Å²) in [6.07, 6.45) is 1.88. The van der Waals surface area contributed by atoms with Gasteiger partial charge in [0.15, 0.2) is 0 Å². The summed E-state index contributed by atoms with van der Waals surface area (Å²) >= 11 is 0. The summed E-state index contributed by atoms with van der Waals surface area (Å²) < 4.78 is 5.52. The molecule has 0 radical (unpaired) electrons. The average molecular weight is 269 g/mol. The van der Waals surface area contributed by atoms with Crippen LogP contribution in [0.15, 0.2) is 42.5 Å². The molecule has 0 bridgehead atoms. The minimum atomic E-state index is 0.108. The maximum atomic E-state index is 9.98. The lowest BCUT2D eigenvalue weighted by atomic mass is 10.0. The first-order chi connectivity index (χ1) is 9.78. The number of benzene rings is 2. The molecule has 20 heavy (non-hydrogen) atoms. The fourth-order valence-corrected chi connectivity index (χ4v) is 2.66. The number of nitrogens with one attached hydrogen (secondary N) is 1. The van der Waals surface area contributed by atoms with E-state index in [-0.39, 0.29) is 6.04 Å². The number of para-hydroxylation sites is 1. The third-order valence-corrected chi connectivity index (χ3v) is 3.75. The Morgan fingerprint density at radius 2 is 2.10 bits per heavy atom. The summed E-state index contributed by atoms with van der Waals surface area (Å²) in [6.45, 7) is 2.88. The van der Waals surface area contributed by atoms with E-state index in [1.165, 1.54) is 5.56 Å². The highest BCUT2D eigenvalue weighted by Gasteiger charge is 2.16. The molecule has 1 atom stereocenters. The van der Waals surface area contributed by atoms with Crippen LogP contribution in [0.25, 0.3) is 0 Å². The lowest BCUT2D eigenvalue weighted by Gasteiger charge is -2.20. The fourth-order valence-electron chi connectivity index (χ4n) is 2.66. The van der Waals surface area contributed by atoms with Crippen LogP contribution in [0.3, 0.4) is 0 Å². The van der Waals surface area contributed by atoms with E-state index in [0.717, 1.165) is 36.4 Å². The summed E-state index contributed by atoms with van der Waals surface area (Å²) in [5.74, 6) is 1.34. The van der Waals surface area contributed by atoms with Gasteiger partial charge in [0.1, 0.15) is 11.5 Å². The van der Waals surface area contributed by atoms with E-state index in [1.807, 2.05) is 30.3 Å². The molecule has 0 amide bonds. The van der Waals surface area contributed by atoms with E-state index in [1.54, 1.807) is 6.07 Å². The van der Waals surface area contributed by atoms with Crippen molar-refractivity contribution in [2.24, 2.45) is 0 Å². The van der Waals surface area contributed by atoms with Gasteiger partial charge in [0, 0.05) is 17.7 Å². The van der Waals surface area contributed by atoms with Crippen molar-refractivity contribution in [3.63, 3.8) is 0 Å². The number of anilines is 1. The molecule has 1 aliphatic heterocycles. The van der Waals surface area contributed by atoms with Gasteiger partial charge >= 0.3 is 0 Å². The second kappa shape index (κ2) is 5.45. The molecule has 0 saturated carbocycles. The van der Waals surface area contributed by atoms with E-state index in [9.17, 15) is 5.11 Å². The summed E-state index contributed by atoms with van der Waals surface area (Å²) in [4.78, 5) is 0. The first-order valence-corrected chi connectivity index (χ1v) is 7.08. The van der Waals surface area contributed by atoms with Gasteiger partial charge in [0.05, 0.1) is 12.6 Å². The third-order valence-electron chi connectivity index (χ3n) is 3.75. The molecule has 0 spiro atoms. The first-order valence-electron chi connectivity index (χ1n) is 7.08. The quantitative estimate of drug-likeness (QED) is 0.884. The van der Waals surface area contributed by atoms with Crippen LogP contribution >= 0.6 is 0 Å². The number of hydrogen-bond donors (Lipinski definition) is 2. The topological polar surface area (TPSA) is 41.5 Å². The number of phenols is 1. The van der Waals surface area contributed by atoms with Crippen LogP contribution < -0.4 is 10.1 Å². The van der Waals surface area contributed by atoms with E-state index in [0.29, 0.717) is 5.75 Å². The van der Waals surface area contributed by atoms with Gasteiger partial charge in [-0.1, -0.05) is 25.1 Å². The maximum Gasteiger partial charge on any atom is 0.122 e. The van der Waals surface area contributed by atoms with Gasteiger partial charge in [-0.15, -0.1) is 0 Å². The van der Waals surface area contributed by atoms with Gasteiger partial charge in [0.25, 0.3) is 0 Å². The molecular formula is C17H19NO2. The maximum absolute atomic E-state index is 9.98. The van der Waals surface area contributed by atoms with Crippen molar-refractivity contribution in [2.45, 2.75) is 25.8 Å². The van der Waals surface area contributed by atoms with Crippen molar-refractivity contribution in [1.29, 1.82) is 0 Å². The van der Waals surface area contributed by atoms with Gasteiger partial charge in [-0.2, -0.15) is 0 Å². The van der Waals surface area contributed by atoms with E-state index in [2.05, 4.69) is 18.3 Å². The summed E-state index contributed by atoms with van der Waals surface area (Å²) in [6, 6.07) is 13.8. The summed E-state index contributed by atoms with van der Waals surface area (Å²) in [5.41, 5.74) is 3.26. The zero-order valence-electron chi connectivity index (χ0n) is 11.6. The number of hydrogen-bond acceptors (Lipinski definition) is 3. The van der Waals surface area contributed by atoms with Gasteiger partial charge in [-0.3, -0.25) is 0 Å². The van der Waals surface area contributed by atoms with Gasteiger partial charge in [-0.05, 0) is 36.2 Å². The first kappa shape index (κ1) is 12.9. The molecule has 2 aromatic carbocycles. The monoisotopic (exact) mass is 269 g/mol. The third kappa shape index (κ3) is 2.44. The molecule has 3 heteroatoms. The minimum Gasteiger partial charge on any atom is -0.508 e. The number of aromatic hydroxyl groups is 1. The van der Waals surface area contributed by atoms with Crippen molar-refractivity contribution in [3.8, 4) is 11.5 Å². The average Bonchev–Trinajstić information content (AvgIpc) is 2.93. The van der Waals surface area contributed by atoms with E-state index in [4.69, 9.17) is 4.74 Å². The molecule has 3 nitrogen and oxygen atoms in total. The Morgan fingerprint density at radius 1 is 1.25 bits per heavy atom. The summed E-state index contributed by atoms with van der Waals surface area (Å²) in [7, 11) is 0. The molecular weight excluding hydrogens is 250 g/mol. The standard InChI is InChI=1S/C17H19NO2/c1-2-15(14-5-3-4-6-16(14)19)18-13-7-8-17-12(11-13)9-10-20-17/h3-8,11,15,18-19H,2,9-10H2,1H3. The van der Waals surface area contributed by atoms with Crippen LogP contribution in [-0.2, 0) is 6.42 Å². The second-order valence-electron chi connectivity index (χ2n) is 5.08. The molecule has 2 N–H and O–H groups in total. The highest BCUT2D eigenvalue weighted by atomic mass is 16.5. The van der Waals surface area contributed by atoms with Gasteiger partial charge < -0.3 is 15.2 Å². The fraction of sp³-hybridized carbons (Fsp3) is 0.294. The Morgan fingerprint density at radius 3 is 2.90 bits per heavy atom. The number of ether oxygens (including phenoxy) is 1. The molecule has 0 saturated heterocycles. The van der Waals surface area contributed by atoms with Crippen molar-refractivity contribution < 1.29 is 9.84 Å². The van der Waals surface area contributed by atoms with Crippen molar-refractivity contribution in [2.75, 3.05) is 11.9 Å². The van der Waals surface area contributed by atoms with Crippen LogP contribution in [0.5, 0.6) is 11.5 Å². The molecule has 2 aromatic rings. The number of fused-ring (bicyclic) bond motifs is 1. The van der Waals surface area contributed by atoms with Crippen molar-refractivity contribution >= 4 is 5.69 Å². The number of rotatable bonds is 4. The van der Waals surface area contributed by atoms with E-state index < -0.39 is 0 Å². The van der Waals surface area contributed by atoms with Gasteiger partial charge in [0.2, 0.25) is 0 Å². The van der Waals surface area contributed by atoms with Crippen molar-refractivity contribution in [1.82, 2.24) is 0 Å². The smallest absolute Gasteiger partial charge is 0.122 e. The highest BCUT2D eigenvalue weighted by Crippen LogP contribution is 2.32. The van der Waals surface area contributed by atoms with Crippen LogP contribution in [0.4, 0.5) is 5.69 Å². The Kier molecular flexibility index (Phi) is 3.50. The zero-order chi connectivity index (χ0) is 13.9. The Bertz CT molecular complexity index is 610. The predicted octanol–water partition coefficient (Wildman–Crippen LogP) is 3.89. The van der Waals surface area contributed by atoms with Crippen LogP contribution in [0, 0.1) is 0 Å². The Balaban J connectivity index is 1.83. The molecule has 0 aliphatic carbocycles. The van der Waals surface area contributed by atoms with Gasteiger partial charge in [-0.25, -0.2) is 0 Å². The van der Waals surface area contributed by atoms with Crippen LogP contribution in [0.1, 0.15) is 30.5 Å². The Hall–Kier alpha value is -2.16. The lowest BCUT2D eigenvalue weighted by molar-refractivity contribution is 0.357. The zero-order valence-corrected chi connectivity index (χ0v) is 11.6. The largest absolute Gasteiger partial charge is 0.508 e. The molecule has 0 fully saturated rings. The van der Waals surface area contributed by atoms with Crippen molar-refractivity contribution in [3.05, 3.63) is 53.6 Å². The Labute approximate surface area is 119 Å². The molecule has 3 rings (SSSR count). The van der Waals surface area contributed by atoms with Crippen LogP contribution in [0.2, 0.25) is 0 Å². The lowest BCUT2D eigenvalue weighted by Crippen LogP contribution is -2.09. The number of phenolic OH excluding ortho intramolecular Hbond substituents is 1. The molecule has 1 heterocycles. The normalized spacial score (nSPS) is 14.4. The van der Waals surface area contributed by atoms with Crippen LogP contribution in [-0.4, -0.2) is 11.7 Å². The molecule has 0 aromatic heterocycles. The minimum absolute atomic E-state index is 0.108.